The number of furan rings is 1. The van der Waals surface area contributed by atoms with E-state index in [1.807, 2.05) is 38.1 Å². The van der Waals surface area contributed by atoms with E-state index in [9.17, 15) is 4.79 Å². The standard InChI is InChI=1S/C20H28N4O3/c1-15-5-7-17(8-6-15)26-14-12-24-20(21-3)23-11-4-10-22-19(25)18-16(2)9-13-27-18/h5-9,13H,4,10-12,14H2,1-3H3,(H,22,25)(H2,21,23,24). The van der Waals surface area contributed by atoms with Gasteiger partial charge in [-0.05, 0) is 38.5 Å². The molecule has 0 aliphatic carbocycles. The Bertz CT molecular complexity index is 738. The van der Waals surface area contributed by atoms with Gasteiger partial charge < -0.3 is 25.1 Å². The van der Waals surface area contributed by atoms with Gasteiger partial charge in [-0.1, -0.05) is 17.7 Å². The molecule has 0 saturated carbocycles. The molecular weight excluding hydrogens is 344 g/mol. The molecule has 0 radical (unpaired) electrons. The minimum absolute atomic E-state index is 0.187. The average Bonchev–Trinajstić information content (AvgIpc) is 3.10. The maximum atomic E-state index is 11.9. The Morgan fingerprint density at radius 2 is 1.74 bits per heavy atom. The van der Waals surface area contributed by atoms with Gasteiger partial charge in [-0.3, -0.25) is 9.79 Å². The molecule has 1 aromatic carbocycles. The molecular formula is C20H28N4O3. The monoisotopic (exact) mass is 372 g/mol. The molecule has 2 rings (SSSR count). The van der Waals surface area contributed by atoms with Gasteiger partial charge in [0.05, 0.1) is 12.8 Å². The van der Waals surface area contributed by atoms with Crippen LogP contribution < -0.4 is 20.7 Å². The summed E-state index contributed by atoms with van der Waals surface area (Å²) < 4.78 is 10.8. The number of carbonyl (C=O) groups is 1. The summed E-state index contributed by atoms with van der Waals surface area (Å²) in [4.78, 5) is 16.1. The average molecular weight is 372 g/mol. The lowest BCUT2D eigenvalue weighted by Gasteiger charge is -2.12. The van der Waals surface area contributed by atoms with E-state index in [2.05, 4.69) is 20.9 Å². The van der Waals surface area contributed by atoms with Gasteiger partial charge in [0.25, 0.3) is 5.91 Å². The molecule has 3 N–H and O–H groups in total. The van der Waals surface area contributed by atoms with Crippen molar-refractivity contribution in [2.24, 2.45) is 4.99 Å². The molecule has 0 aliphatic rings. The number of nitrogens with one attached hydrogen (secondary N) is 3. The van der Waals surface area contributed by atoms with Gasteiger partial charge >= 0.3 is 0 Å². The Morgan fingerprint density at radius 3 is 2.41 bits per heavy atom. The van der Waals surface area contributed by atoms with Crippen molar-refractivity contribution >= 4 is 11.9 Å². The number of aryl methyl sites for hydroxylation is 2. The van der Waals surface area contributed by atoms with Crippen LogP contribution in [0.2, 0.25) is 0 Å². The molecule has 1 heterocycles. The predicted molar refractivity (Wildman–Crippen MR) is 106 cm³/mol. The first-order chi connectivity index (χ1) is 13.1. The number of benzene rings is 1. The van der Waals surface area contributed by atoms with E-state index >= 15 is 0 Å². The summed E-state index contributed by atoms with van der Waals surface area (Å²) in [5, 5.41) is 9.24. The second kappa shape index (κ2) is 10.9. The van der Waals surface area contributed by atoms with Crippen molar-refractivity contribution in [3.05, 3.63) is 53.5 Å². The highest BCUT2D eigenvalue weighted by Gasteiger charge is 2.11. The fourth-order valence-electron chi connectivity index (χ4n) is 2.38. The number of guanidine groups is 1. The molecule has 0 saturated heterocycles. The first-order valence-corrected chi connectivity index (χ1v) is 9.06. The summed E-state index contributed by atoms with van der Waals surface area (Å²) in [5.74, 6) is 1.74. The normalized spacial score (nSPS) is 11.1. The van der Waals surface area contributed by atoms with Crippen LogP contribution in [0.1, 0.15) is 28.1 Å². The lowest BCUT2D eigenvalue weighted by atomic mass is 10.2. The van der Waals surface area contributed by atoms with Crippen LogP contribution in [0, 0.1) is 13.8 Å². The third kappa shape index (κ3) is 7.05. The van der Waals surface area contributed by atoms with E-state index in [1.54, 1.807) is 13.1 Å². The highest BCUT2D eigenvalue weighted by molar-refractivity contribution is 5.92. The number of rotatable bonds is 9. The summed E-state index contributed by atoms with van der Waals surface area (Å²) in [6.07, 6.45) is 2.29. The molecule has 146 valence electrons. The molecule has 7 nitrogen and oxygen atoms in total. The van der Waals surface area contributed by atoms with E-state index in [1.165, 1.54) is 11.8 Å². The maximum absolute atomic E-state index is 11.9. The van der Waals surface area contributed by atoms with Crippen molar-refractivity contribution in [2.75, 3.05) is 33.3 Å². The maximum Gasteiger partial charge on any atom is 0.287 e. The molecule has 7 heteroatoms. The summed E-state index contributed by atoms with van der Waals surface area (Å²) in [5.41, 5.74) is 2.05. The minimum atomic E-state index is -0.187. The van der Waals surface area contributed by atoms with Gasteiger partial charge in [0.1, 0.15) is 12.4 Å². The fraction of sp³-hybridized carbons (Fsp3) is 0.400. The third-order valence-electron chi connectivity index (χ3n) is 3.91. The van der Waals surface area contributed by atoms with Gasteiger partial charge in [0, 0.05) is 25.7 Å². The minimum Gasteiger partial charge on any atom is -0.492 e. The Balaban J connectivity index is 1.55. The number of ether oxygens (including phenoxy) is 1. The molecule has 0 fully saturated rings. The third-order valence-corrected chi connectivity index (χ3v) is 3.91. The van der Waals surface area contributed by atoms with E-state index in [-0.39, 0.29) is 5.91 Å². The largest absolute Gasteiger partial charge is 0.492 e. The van der Waals surface area contributed by atoms with Crippen LogP contribution in [0.15, 0.2) is 46.0 Å². The van der Waals surface area contributed by atoms with Gasteiger partial charge in [-0.2, -0.15) is 0 Å². The molecule has 0 unspecified atom stereocenters. The zero-order valence-corrected chi connectivity index (χ0v) is 16.2. The second-order valence-electron chi connectivity index (χ2n) is 6.13. The van der Waals surface area contributed by atoms with Crippen molar-refractivity contribution in [3.8, 4) is 5.75 Å². The van der Waals surface area contributed by atoms with E-state index < -0.39 is 0 Å². The van der Waals surface area contributed by atoms with Gasteiger partial charge in [-0.15, -0.1) is 0 Å². The van der Waals surface area contributed by atoms with Crippen LogP contribution in [0.3, 0.4) is 0 Å². The van der Waals surface area contributed by atoms with Crippen LogP contribution in [0.5, 0.6) is 5.75 Å². The number of aliphatic imine (C=N–C) groups is 1. The highest BCUT2D eigenvalue weighted by Crippen LogP contribution is 2.10. The zero-order valence-electron chi connectivity index (χ0n) is 16.2. The summed E-state index contributed by atoms with van der Waals surface area (Å²) in [6, 6.07) is 9.74. The molecule has 0 atom stereocenters. The molecule has 0 aliphatic heterocycles. The van der Waals surface area contributed by atoms with Crippen molar-refractivity contribution in [1.82, 2.24) is 16.0 Å². The Morgan fingerprint density at radius 1 is 1.04 bits per heavy atom. The van der Waals surface area contributed by atoms with E-state index in [0.29, 0.717) is 38.0 Å². The summed E-state index contributed by atoms with van der Waals surface area (Å²) >= 11 is 0. The van der Waals surface area contributed by atoms with Gasteiger partial charge in [0.15, 0.2) is 11.7 Å². The zero-order chi connectivity index (χ0) is 19.5. The van der Waals surface area contributed by atoms with Crippen LogP contribution in [-0.4, -0.2) is 45.2 Å². The number of amides is 1. The van der Waals surface area contributed by atoms with Crippen molar-refractivity contribution < 1.29 is 13.9 Å². The molecule has 1 aromatic heterocycles. The lowest BCUT2D eigenvalue weighted by Crippen LogP contribution is -2.40. The number of hydrogen-bond donors (Lipinski definition) is 3. The van der Waals surface area contributed by atoms with Crippen LogP contribution in [0.25, 0.3) is 0 Å². The molecule has 1 amide bonds. The van der Waals surface area contributed by atoms with E-state index in [0.717, 1.165) is 17.7 Å². The first-order valence-electron chi connectivity index (χ1n) is 9.06. The lowest BCUT2D eigenvalue weighted by molar-refractivity contribution is 0.0925. The smallest absolute Gasteiger partial charge is 0.287 e. The Kier molecular flexibility index (Phi) is 8.22. The number of hydrogen-bond acceptors (Lipinski definition) is 4. The Hall–Kier alpha value is -2.96. The molecule has 2 aromatic rings. The quantitative estimate of drug-likeness (QED) is 0.357. The molecule has 27 heavy (non-hydrogen) atoms. The van der Waals surface area contributed by atoms with Crippen molar-refractivity contribution in [1.29, 1.82) is 0 Å². The Labute approximate surface area is 160 Å². The fourth-order valence-corrected chi connectivity index (χ4v) is 2.38. The van der Waals surface area contributed by atoms with Crippen molar-refractivity contribution in [2.45, 2.75) is 20.3 Å². The van der Waals surface area contributed by atoms with Crippen LogP contribution in [0.4, 0.5) is 0 Å². The SMILES string of the molecule is CN=C(NCCCNC(=O)c1occc1C)NCCOc1ccc(C)cc1. The number of nitrogens with zero attached hydrogens (tertiary/aromatic N) is 1. The molecule has 0 spiro atoms. The second-order valence-corrected chi connectivity index (χ2v) is 6.13. The van der Waals surface area contributed by atoms with Gasteiger partial charge in [-0.25, -0.2) is 0 Å². The van der Waals surface area contributed by atoms with Gasteiger partial charge in [0.2, 0.25) is 0 Å². The molecule has 0 bridgehead atoms. The predicted octanol–water partition coefficient (Wildman–Crippen LogP) is 2.26. The summed E-state index contributed by atoms with van der Waals surface area (Å²) in [6.45, 7) is 6.32. The van der Waals surface area contributed by atoms with Crippen molar-refractivity contribution in [3.63, 3.8) is 0 Å². The van der Waals surface area contributed by atoms with E-state index in [4.69, 9.17) is 9.15 Å². The number of carbonyl (C=O) groups excluding carboxylic acids is 1. The topological polar surface area (TPSA) is 87.9 Å². The highest BCUT2D eigenvalue weighted by atomic mass is 16.5. The van der Waals surface area contributed by atoms with Crippen LogP contribution >= 0.6 is 0 Å². The first kappa shape index (κ1) is 20.4. The van der Waals surface area contributed by atoms with Crippen LogP contribution in [-0.2, 0) is 0 Å². The summed E-state index contributed by atoms with van der Waals surface area (Å²) in [7, 11) is 1.72.